The van der Waals surface area contributed by atoms with Gasteiger partial charge in [-0.05, 0) is 30.2 Å². The molecule has 6 nitrogen and oxygen atoms in total. The van der Waals surface area contributed by atoms with Crippen molar-refractivity contribution < 1.29 is 19.4 Å². The molecule has 0 bridgehead atoms. The van der Waals surface area contributed by atoms with E-state index in [0.29, 0.717) is 17.9 Å². The van der Waals surface area contributed by atoms with Crippen LogP contribution < -0.4 is 15.4 Å². The first-order valence-corrected chi connectivity index (χ1v) is 7.59. The van der Waals surface area contributed by atoms with Gasteiger partial charge >= 0.3 is 0 Å². The summed E-state index contributed by atoms with van der Waals surface area (Å²) in [5.74, 6) is -0.555. The van der Waals surface area contributed by atoms with Crippen LogP contribution in [0.1, 0.15) is 11.1 Å². The Hall–Kier alpha value is -3.02. The van der Waals surface area contributed by atoms with Crippen LogP contribution in [0.3, 0.4) is 0 Å². The summed E-state index contributed by atoms with van der Waals surface area (Å²) in [4.78, 5) is 25.4. The summed E-state index contributed by atoms with van der Waals surface area (Å²) >= 11 is 0. The average molecular weight is 326 g/mol. The molecule has 1 aliphatic rings. The molecule has 0 fully saturated rings. The van der Waals surface area contributed by atoms with Crippen molar-refractivity contribution in [3.8, 4) is 11.5 Å². The molecule has 0 radical (unpaired) electrons. The molecule has 0 spiro atoms. The predicted octanol–water partition coefficient (Wildman–Crippen LogP) is 1.52. The second kappa shape index (κ2) is 6.23. The molecule has 1 heterocycles. The highest BCUT2D eigenvalue weighted by molar-refractivity contribution is 6.03. The average Bonchev–Trinajstić information content (AvgIpc) is 2.53. The number of carbonyl (C=O) groups is 2. The first-order valence-electron chi connectivity index (χ1n) is 7.59. The van der Waals surface area contributed by atoms with Gasteiger partial charge in [-0.2, -0.15) is 0 Å². The summed E-state index contributed by atoms with van der Waals surface area (Å²) in [6.45, 7) is 1.73. The number of carbonyl (C=O) groups excluding carboxylic acids is 2. The molecule has 124 valence electrons. The molecule has 0 saturated carbocycles. The number of anilines is 1. The third kappa shape index (κ3) is 3.03. The van der Waals surface area contributed by atoms with E-state index in [1.165, 1.54) is 23.1 Å². The van der Waals surface area contributed by atoms with Crippen LogP contribution in [-0.4, -0.2) is 29.6 Å². The number of phenolic OH excluding ortho intramolecular Hbond substituents is 1. The van der Waals surface area contributed by atoms with E-state index in [9.17, 15) is 14.7 Å². The highest BCUT2D eigenvalue weighted by atomic mass is 16.5. The zero-order chi connectivity index (χ0) is 17.3. The molecule has 1 aliphatic heterocycles. The summed E-state index contributed by atoms with van der Waals surface area (Å²) in [7, 11) is 0. The van der Waals surface area contributed by atoms with E-state index < -0.39 is 12.0 Å². The lowest BCUT2D eigenvalue weighted by molar-refractivity contribution is -0.128. The highest BCUT2D eigenvalue weighted by Gasteiger charge is 2.35. The number of ether oxygens (including phenoxy) is 1. The summed E-state index contributed by atoms with van der Waals surface area (Å²) < 4.78 is 5.79. The van der Waals surface area contributed by atoms with Crippen LogP contribution in [0.25, 0.3) is 0 Å². The molecule has 2 aromatic carbocycles. The fraction of sp³-hybridized carbons (Fsp3) is 0.222. The van der Waals surface area contributed by atoms with Gasteiger partial charge in [0.2, 0.25) is 5.91 Å². The number of rotatable bonds is 4. The Labute approximate surface area is 139 Å². The third-order valence-electron chi connectivity index (χ3n) is 4.03. The predicted molar refractivity (Wildman–Crippen MR) is 89.0 cm³/mol. The number of nitrogens with two attached hydrogens (primary N) is 1. The molecular formula is C18H18N2O4. The quantitative estimate of drug-likeness (QED) is 0.891. The topological polar surface area (TPSA) is 92.9 Å². The van der Waals surface area contributed by atoms with Crippen LogP contribution in [0.4, 0.5) is 5.69 Å². The van der Waals surface area contributed by atoms with Crippen LogP contribution in [0.15, 0.2) is 42.5 Å². The van der Waals surface area contributed by atoms with Crippen LogP contribution in [0.2, 0.25) is 0 Å². The normalized spacial score (nSPS) is 16.5. The van der Waals surface area contributed by atoms with E-state index in [2.05, 4.69) is 0 Å². The summed E-state index contributed by atoms with van der Waals surface area (Å²) in [6.07, 6.45) is -0.407. The number of fused-ring (bicyclic) bond motifs is 1. The Kier molecular flexibility index (Phi) is 4.12. The SMILES string of the molecule is Cc1ccccc1CC1Oc2cc(O)ccc2N(CC(N)=O)C1=O. The van der Waals surface area contributed by atoms with Gasteiger partial charge in [0, 0.05) is 12.5 Å². The Balaban J connectivity index is 1.96. The lowest BCUT2D eigenvalue weighted by Crippen LogP contribution is -2.49. The van der Waals surface area contributed by atoms with Gasteiger partial charge in [0.1, 0.15) is 18.0 Å². The number of nitrogens with zero attached hydrogens (tertiary/aromatic N) is 1. The van der Waals surface area contributed by atoms with Crippen LogP contribution in [0, 0.1) is 6.92 Å². The van der Waals surface area contributed by atoms with E-state index in [4.69, 9.17) is 10.5 Å². The first-order chi connectivity index (χ1) is 11.5. The molecule has 0 aliphatic carbocycles. The van der Waals surface area contributed by atoms with E-state index in [1.54, 1.807) is 0 Å². The molecule has 1 atom stereocenters. The minimum absolute atomic E-state index is 0.0248. The monoisotopic (exact) mass is 326 g/mol. The van der Waals surface area contributed by atoms with Gasteiger partial charge in [0.05, 0.1) is 5.69 Å². The maximum Gasteiger partial charge on any atom is 0.268 e. The van der Waals surface area contributed by atoms with Crippen molar-refractivity contribution in [3.05, 3.63) is 53.6 Å². The number of benzene rings is 2. The van der Waals surface area contributed by atoms with Gasteiger partial charge in [0.15, 0.2) is 6.10 Å². The van der Waals surface area contributed by atoms with Crippen molar-refractivity contribution in [2.75, 3.05) is 11.4 Å². The minimum atomic E-state index is -0.778. The number of aromatic hydroxyl groups is 1. The van der Waals surface area contributed by atoms with Gasteiger partial charge in [-0.15, -0.1) is 0 Å². The summed E-state index contributed by atoms with van der Waals surface area (Å²) in [6, 6.07) is 12.1. The molecule has 6 heteroatoms. The van der Waals surface area contributed by atoms with Crippen LogP contribution in [-0.2, 0) is 16.0 Å². The van der Waals surface area contributed by atoms with E-state index in [-0.39, 0.29) is 18.2 Å². The zero-order valence-electron chi connectivity index (χ0n) is 13.2. The molecule has 2 amide bonds. The van der Waals surface area contributed by atoms with Gasteiger partial charge < -0.3 is 15.6 Å². The molecule has 0 aromatic heterocycles. The molecule has 24 heavy (non-hydrogen) atoms. The maximum atomic E-state index is 12.8. The van der Waals surface area contributed by atoms with E-state index in [1.807, 2.05) is 31.2 Å². The standard InChI is InChI=1S/C18H18N2O4/c1-11-4-2-3-5-12(11)8-16-18(23)20(10-17(19)22)14-7-6-13(21)9-15(14)24-16/h2-7,9,16,21H,8,10H2,1H3,(H2,19,22). The molecule has 3 rings (SSSR count). The number of aryl methyl sites for hydroxylation is 1. The lowest BCUT2D eigenvalue weighted by atomic mass is 10.0. The first kappa shape index (κ1) is 15.9. The van der Waals surface area contributed by atoms with Gasteiger partial charge in [-0.1, -0.05) is 24.3 Å². The van der Waals surface area contributed by atoms with E-state index in [0.717, 1.165) is 11.1 Å². The van der Waals surface area contributed by atoms with Crippen molar-refractivity contribution in [2.24, 2.45) is 5.73 Å². The smallest absolute Gasteiger partial charge is 0.268 e. The molecule has 0 saturated heterocycles. The Morgan fingerprint density at radius 2 is 2.04 bits per heavy atom. The van der Waals surface area contributed by atoms with Gasteiger partial charge in [0.25, 0.3) is 5.91 Å². The van der Waals surface area contributed by atoms with Crippen molar-refractivity contribution >= 4 is 17.5 Å². The number of hydrogen-bond donors (Lipinski definition) is 2. The summed E-state index contributed by atoms with van der Waals surface area (Å²) in [5.41, 5.74) is 7.74. The van der Waals surface area contributed by atoms with Crippen molar-refractivity contribution in [1.82, 2.24) is 0 Å². The summed E-state index contributed by atoms with van der Waals surface area (Å²) in [5, 5.41) is 9.67. The molecule has 1 unspecified atom stereocenters. The van der Waals surface area contributed by atoms with E-state index >= 15 is 0 Å². The largest absolute Gasteiger partial charge is 0.508 e. The molecule has 3 N–H and O–H groups in total. The second-order valence-corrected chi connectivity index (χ2v) is 5.78. The lowest BCUT2D eigenvalue weighted by Gasteiger charge is -2.34. The fourth-order valence-corrected chi connectivity index (χ4v) is 2.80. The van der Waals surface area contributed by atoms with Crippen molar-refractivity contribution in [3.63, 3.8) is 0 Å². The minimum Gasteiger partial charge on any atom is -0.508 e. The van der Waals surface area contributed by atoms with Gasteiger partial charge in [-0.3, -0.25) is 14.5 Å². The van der Waals surface area contributed by atoms with Crippen LogP contribution >= 0.6 is 0 Å². The Morgan fingerprint density at radius 3 is 2.75 bits per heavy atom. The van der Waals surface area contributed by atoms with Crippen molar-refractivity contribution in [1.29, 1.82) is 0 Å². The molecular weight excluding hydrogens is 308 g/mol. The maximum absolute atomic E-state index is 12.8. The Morgan fingerprint density at radius 1 is 1.29 bits per heavy atom. The second-order valence-electron chi connectivity index (χ2n) is 5.78. The number of amides is 2. The number of primary amides is 1. The fourth-order valence-electron chi connectivity index (χ4n) is 2.80. The number of phenols is 1. The van der Waals surface area contributed by atoms with Crippen LogP contribution in [0.5, 0.6) is 11.5 Å². The van der Waals surface area contributed by atoms with Crippen molar-refractivity contribution in [2.45, 2.75) is 19.4 Å². The zero-order valence-corrected chi connectivity index (χ0v) is 13.2. The van der Waals surface area contributed by atoms with Gasteiger partial charge in [-0.25, -0.2) is 0 Å². The number of hydrogen-bond acceptors (Lipinski definition) is 4. The Bertz CT molecular complexity index is 803. The highest BCUT2D eigenvalue weighted by Crippen LogP contribution is 2.37. The third-order valence-corrected chi connectivity index (χ3v) is 4.03. The molecule has 2 aromatic rings.